The second-order valence-corrected chi connectivity index (χ2v) is 4.66. The second-order valence-electron chi connectivity index (χ2n) is 4.66. The number of fused-ring (bicyclic) bond motifs is 1. The van der Waals surface area contributed by atoms with E-state index >= 15 is 0 Å². The third kappa shape index (κ3) is 2.67. The molecule has 1 fully saturated rings. The summed E-state index contributed by atoms with van der Waals surface area (Å²) in [4.78, 5) is 0. The summed E-state index contributed by atoms with van der Waals surface area (Å²) in [6.45, 7) is 0. The predicted octanol–water partition coefficient (Wildman–Crippen LogP) is 3.23. The van der Waals surface area contributed by atoms with Crippen LogP contribution in [0.25, 0.3) is 0 Å². The van der Waals surface area contributed by atoms with E-state index in [-0.39, 0.29) is 29.9 Å². The molecule has 6 heteroatoms. The number of rotatable bonds is 3. The Bertz CT molecular complexity index is 452. The van der Waals surface area contributed by atoms with Gasteiger partial charge in [0.15, 0.2) is 11.5 Å². The standard InChI is InChI=1S/C12H13F2NO2.ClH/c13-12(14)16-10-4-3-8(6-11(10)17-12)9(15)5-7-1-2-7;/h3-4,6-7,9H,1-2,5,15H2;1H/t9-;/m0./s1. The van der Waals surface area contributed by atoms with Crippen molar-refractivity contribution in [2.45, 2.75) is 31.6 Å². The van der Waals surface area contributed by atoms with Gasteiger partial charge in [-0.2, -0.15) is 0 Å². The summed E-state index contributed by atoms with van der Waals surface area (Å²) in [6, 6.07) is 4.63. The van der Waals surface area contributed by atoms with E-state index < -0.39 is 6.29 Å². The van der Waals surface area contributed by atoms with E-state index in [0.29, 0.717) is 5.92 Å². The van der Waals surface area contributed by atoms with Gasteiger partial charge >= 0.3 is 6.29 Å². The number of halogens is 3. The molecule has 0 spiro atoms. The number of benzene rings is 1. The molecule has 0 saturated heterocycles. The van der Waals surface area contributed by atoms with Crippen LogP contribution in [0, 0.1) is 5.92 Å². The zero-order chi connectivity index (χ0) is 12.0. The maximum atomic E-state index is 12.8. The fourth-order valence-corrected chi connectivity index (χ4v) is 2.04. The van der Waals surface area contributed by atoms with E-state index in [1.165, 1.54) is 18.9 Å². The molecule has 1 aliphatic carbocycles. The van der Waals surface area contributed by atoms with E-state index in [4.69, 9.17) is 5.73 Å². The van der Waals surface area contributed by atoms with Crippen LogP contribution in [0.2, 0.25) is 0 Å². The summed E-state index contributed by atoms with van der Waals surface area (Å²) in [6.07, 6.45) is -0.218. The average molecular weight is 278 g/mol. The number of hydrogen-bond donors (Lipinski definition) is 1. The second kappa shape index (κ2) is 4.55. The molecule has 3 rings (SSSR count). The van der Waals surface area contributed by atoms with E-state index in [9.17, 15) is 8.78 Å². The molecule has 1 atom stereocenters. The number of nitrogens with two attached hydrogens (primary N) is 1. The molecule has 3 nitrogen and oxygen atoms in total. The Morgan fingerprint density at radius 3 is 2.61 bits per heavy atom. The molecular weight excluding hydrogens is 264 g/mol. The van der Waals surface area contributed by atoms with E-state index in [1.807, 2.05) is 0 Å². The molecule has 1 heterocycles. The lowest BCUT2D eigenvalue weighted by Gasteiger charge is -2.11. The smallest absolute Gasteiger partial charge is 0.395 e. The van der Waals surface area contributed by atoms with Crippen LogP contribution in [0.4, 0.5) is 8.78 Å². The van der Waals surface area contributed by atoms with Gasteiger partial charge in [-0.15, -0.1) is 21.2 Å². The van der Waals surface area contributed by atoms with Crippen LogP contribution in [0.5, 0.6) is 11.5 Å². The number of alkyl halides is 2. The quantitative estimate of drug-likeness (QED) is 0.922. The van der Waals surface area contributed by atoms with E-state index in [2.05, 4.69) is 9.47 Å². The van der Waals surface area contributed by atoms with Gasteiger partial charge in [0.1, 0.15) is 0 Å². The maximum absolute atomic E-state index is 12.8. The summed E-state index contributed by atoms with van der Waals surface area (Å²) >= 11 is 0. The highest BCUT2D eigenvalue weighted by Crippen LogP contribution is 2.43. The average Bonchev–Trinajstić information content (AvgIpc) is 2.97. The Morgan fingerprint density at radius 1 is 1.28 bits per heavy atom. The first-order valence-corrected chi connectivity index (χ1v) is 5.69. The fraction of sp³-hybridized carbons (Fsp3) is 0.500. The van der Waals surface area contributed by atoms with Gasteiger partial charge in [0.2, 0.25) is 0 Å². The zero-order valence-electron chi connectivity index (χ0n) is 9.57. The zero-order valence-corrected chi connectivity index (χ0v) is 10.4. The van der Waals surface area contributed by atoms with Crippen LogP contribution in [0.1, 0.15) is 30.9 Å². The first kappa shape index (κ1) is 13.4. The molecule has 1 aromatic carbocycles. The minimum atomic E-state index is -3.55. The van der Waals surface area contributed by atoms with Crippen molar-refractivity contribution in [3.8, 4) is 11.5 Å². The molecule has 100 valence electrons. The molecule has 1 aromatic rings. The van der Waals surface area contributed by atoms with Crippen LogP contribution in [-0.2, 0) is 0 Å². The van der Waals surface area contributed by atoms with Gasteiger partial charge in [-0.3, -0.25) is 0 Å². The Morgan fingerprint density at radius 2 is 1.94 bits per heavy atom. The van der Waals surface area contributed by atoms with E-state index in [0.717, 1.165) is 12.0 Å². The van der Waals surface area contributed by atoms with Gasteiger partial charge in [0.05, 0.1) is 0 Å². The minimum absolute atomic E-state index is 0. The van der Waals surface area contributed by atoms with Crippen molar-refractivity contribution in [1.82, 2.24) is 0 Å². The normalized spacial score (nSPS) is 21.3. The molecule has 0 bridgehead atoms. The van der Waals surface area contributed by atoms with Crippen molar-refractivity contribution in [2.24, 2.45) is 11.7 Å². The molecule has 2 aliphatic rings. The molecule has 1 saturated carbocycles. The predicted molar refractivity (Wildman–Crippen MR) is 64.2 cm³/mol. The summed E-state index contributed by atoms with van der Waals surface area (Å²) in [5, 5.41) is 0. The van der Waals surface area contributed by atoms with Crippen molar-refractivity contribution in [2.75, 3.05) is 0 Å². The molecule has 18 heavy (non-hydrogen) atoms. The Labute approximate surface area is 110 Å². The SMILES string of the molecule is Cl.N[C@@H](CC1CC1)c1ccc2c(c1)OC(F)(F)O2. The van der Waals surface area contributed by atoms with Gasteiger partial charge in [-0.05, 0) is 30.0 Å². The van der Waals surface area contributed by atoms with Crippen LogP contribution >= 0.6 is 12.4 Å². The van der Waals surface area contributed by atoms with Crippen LogP contribution in [-0.4, -0.2) is 6.29 Å². The highest BCUT2D eigenvalue weighted by atomic mass is 35.5. The monoisotopic (exact) mass is 277 g/mol. The number of ether oxygens (including phenoxy) is 2. The van der Waals surface area contributed by atoms with Crippen molar-refractivity contribution < 1.29 is 18.3 Å². The lowest BCUT2D eigenvalue weighted by molar-refractivity contribution is -0.286. The van der Waals surface area contributed by atoms with Crippen molar-refractivity contribution in [3.05, 3.63) is 23.8 Å². The molecule has 1 aliphatic heterocycles. The Kier molecular flexibility index (Phi) is 3.38. The van der Waals surface area contributed by atoms with Gasteiger partial charge < -0.3 is 15.2 Å². The topological polar surface area (TPSA) is 44.5 Å². The Hall–Kier alpha value is -1.07. The van der Waals surface area contributed by atoms with Crippen molar-refractivity contribution in [3.63, 3.8) is 0 Å². The van der Waals surface area contributed by atoms with Crippen LogP contribution in [0.15, 0.2) is 18.2 Å². The summed E-state index contributed by atoms with van der Waals surface area (Å²) in [7, 11) is 0. The molecule has 0 unspecified atom stereocenters. The van der Waals surface area contributed by atoms with E-state index in [1.54, 1.807) is 12.1 Å². The first-order valence-electron chi connectivity index (χ1n) is 5.69. The Balaban J connectivity index is 0.00000120. The summed E-state index contributed by atoms with van der Waals surface area (Å²) in [5.74, 6) is 0.827. The molecular formula is C12H14ClF2NO2. The largest absolute Gasteiger partial charge is 0.586 e. The van der Waals surface area contributed by atoms with Gasteiger partial charge in [-0.25, -0.2) is 0 Å². The van der Waals surface area contributed by atoms with Crippen molar-refractivity contribution >= 4 is 12.4 Å². The van der Waals surface area contributed by atoms with Gasteiger partial charge in [0, 0.05) is 6.04 Å². The molecule has 2 N–H and O–H groups in total. The molecule has 0 radical (unpaired) electrons. The molecule has 0 amide bonds. The third-order valence-electron chi connectivity index (χ3n) is 3.14. The highest BCUT2D eigenvalue weighted by Gasteiger charge is 2.43. The minimum Gasteiger partial charge on any atom is -0.395 e. The molecule has 0 aromatic heterocycles. The van der Waals surface area contributed by atoms with Crippen molar-refractivity contribution in [1.29, 1.82) is 0 Å². The third-order valence-corrected chi connectivity index (χ3v) is 3.14. The highest BCUT2D eigenvalue weighted by molar-refractivity contribution is 5.85. The lowest BCUT2D eigenvalue weighted by atomic mass is 10.0. The van der Waals surface area contributed by atoms with Gasteiger partial charge in [-0.1, -0.05) is 18.9 Å². The van der Waals surface area contributed by atoms with Crippen LogP contribution < -0.4 is 15.2 Å². The number of hydrogen-bond acceptors (Lipinski definition) is 3. The summed E-state index contributed by atoms with van der Waals surface area (Å²) in [5.41, 5.74) is 6.83. The lowest BCUT2D eigenvalue weighted by Crippen LogP contribution is -2.25. The van der Waals surface area contributed by atoms with Gasteiger partial charge in [0.25, 0.3) is 0 Å². The van der Waals surface area contributed by atoms with Crippen LogP contribution in [0.3, 0.4) is 0 Å². The first-order chi connectivity index (χ1) is 8.03. The summed E-state index contributed by atoms with van der Waals surface area (Å²) < 4.78 is 34.3. The fourth-order valence-electron chi connectivity index (χ4n) is 2.04. The maximum Gasteiger partial charge on any atom is 0.586 e.